The van der Waals surface area contributed by atoms with Crippen LogP contribution < -0.4 is 0 Å². The van der Waals surface area contributed by atoms with Gasteiger partial charge in [-0.1, -0.05) is 48.6 Å². The number of amides is 2. The van der Waals surface area contributed by atoms with E-state index in [9.17, 15) is 19.5 Å². The molecule has 1 N–H and O–H groups in total. The van der Waals surface area contributed by atoms with Crippen LogP contribution in [0.15, 0.2) is 48.6 Å². The van der Waals surface area contributed by atoms with Crippen LogP contribution in [-0.4, -0.2) is 91.2 Å². The van der Waals surface area contributed by atoms with Gasteiger partial charge in [0.05, 0.1) is 24.6 Å². The third-order valence-electron chi connectivity index (χ3n) is 8.28. The first-order valence-corrected chi connectivity index (χ1v) is 13.2. The number of likely N-dealkylation sites (tertiary alicyclic amines) is 1. The minimum Gasteiger partial charge on any atom is -0.465 e. The highest BCUT2D eigenvalue weighted by Gasteiger charge is 2.75. The highest BCUT2D eigenvalue weighted by Crippen LogP contribution is 2.58. The molecular weight excluding hydrogens is 490 g/mol. The van der Waals surface area contributed by atoms with Gasteiger partial charge < -0.3 is 24.4 Å². The molecular formula is C27H31N5O6. The molecule has 1 spiro atoms. The fourth-order valence-electron chi connectivity index (χ4n) is 6.58. The van der Waals surface area contributed by atoms with Crippen molar-refractivity contribution in [3.63, 3.8) is 0 Å². The number of β-amino-alcohol motifs (C(OH)–C–C–N with tert-alkyl or cyclic N) is 1. The van der Waals surface area contributed by atoms with Crippen molar-refractivity contribution in [3.8, 4) is 0 Å². The van der Waals surface area contributed by atoms with Crippen molar-refractivity contribution in [1.29, 1.82) is 0 Å². The van der Waals surface area contributed by atoms with Crippen molar-refractivity contribution in [3.05, 3.63) is 48.6 Å². The molecule has 5 heterocycles. The number of para-hydroxylation sites is 1. The number of rotatable bonds is 5. The number of esters is 1. The molecule has 6 rings (SSSR count). The largest absolute Gasteiger partial charge is 0.465 e. The van der Waals surface area contributed by atoms with Gasteiger partial charge in [0.15, 0.2) is 0 Å². The number of cyclic esters (lactones) is 1. The summed E-state index contributed by atoms with van der Waals surface area (Å²) < 4.78 is 14.1. The van der Waals surface area contributed by atoms with Gasteiger partial charge in [-0.15, -0.1) is 5.10 Å². The molecule has 4 aliphatic rings. The summed E-state index contributed by atoms with van der Waals surface area (Å²) in [6.45, 7) is 2.16. The molecule has 200 valence electrons. The second-order valence-electron chi connectivity index (χ2n) is 10.3. The van der Waals surface area contributed by atoms with Crippen molar-refractivity contribution in [2.45, 2.75) is 50.1 Å². The lowest BCUT2D eigenvalue weighted by Crippen LogP contribution is -2.56. The SMILES string of the molecule is CC[C@]12/C=C\CCCOC(=O)[C@H]1[C@H]1C(=O)N(CCO)C3C(=O)N(Cn4nnc5ccccc54)CC=C[C@@]31O2. The normalized spacial score (nSPS) is 33.7. The van der Waals surface area contributed by atoms with Crippen LogP contribution >= 0.6 is 0 Å². The molecule has 2 saturated heterocycles. The van der Waals surface area contributed by atoms with Crippen molar-refractivity contribution >= 4 is 28.8 Å². The Morgan fingerprint density at radius 1 is 1.11 bits per heavy atom. The number of hydrogen-bond donors (Lipinski definition) is 1. The quantitative estimate of drug-likeness (QED) is 0.457. The van der Waals surface area contributed by atoms with Gasteiger partial charge in [-0.05, 0) is 31.4 Å². The van der Waals surface area contributed by atoms with Crippen molar-refractivity contribution in [2.75, 3.05) is 26.3 Å². The van der Waals surface area contributed by atoms with Gasteiger partial charge in [-0.25, -0.2) is 4.68 Å². The lowest BCUT2D eigenvalue weighted by atomic mass is 9.73. The second kappa shape index (κ2) is 9.32. The van der Waals surface area contributed by atoms with Gasteiger partial charge in [0, 0.05) is 13.1 Å². The standard InChI is InChI=1S/C27H31N5O6/c1-2-26-11-6-3-7-16-37-25(36)21(26)20-23(34)31(14-15-33)22-24(35)30(13-8-12-27(20,22)38-26)17-32-19-10-5-4-9-18(19)28-29-32/h4-6,8-12,20-22,33H,2-3,7,13-17H2,1H3/b11-6-/t20-,21+,22?,26-,27-/m0/s1. The fraction of sp³-hybridized carbons (Fsp3) is 0.519. The highest BCUT2D eigenvalue weighted by atomic mass is 16.6. The Morgan fingerprint density at radius 3 is 2.76 bits per heavy atom. The third kappa shape index (κ3) is 3.52. The minimum absolute atomic E-state index is 0.0540. The molecule has 5 atom stereocenters. The molecule has 0 bridgehead atoms. The molecule has 1 unspecified atom stereocenters. The first kappa shape index (κ1) is 24.7. The maximum atomic E-state index is 14.3. The molecule has 0 saturated carbocycles. The molecule has 11 nitrogen and oxygen atoms in total. The van der Waals surface area contributed by atoms with E-state index < -0.39 is 35.0 Å². The Morgan fingerprint density at radius 2 is 1.95 bits per heavy atom. The van der Waals surface area contributed by atoms with E-state index in [1.54, 1.807) is 15.7 Å². The van der Waals surface area contributed by atoms with Crippen LogP contribution in [0.2, 0.25) is 0 Å². The van der Waals surface area contributed by atoms with Crippen LogP contribution in [0.3, 0.4) is 0 Å². The number of fused-ring (bicyclic) bond motifs is 3. The minimum atomic E-state index is -1.38. The molecule has 0 aliphatic carbocycles. The Hall–Kier alpha value is -3.57. The van der Waals surface area contributed by atoms with Crippen molar-refractivity contribution in [2.24, 2.45) is 11.8 Å². The first-order chi connectivity index (χ1) is 18.5. The highest BCUT2D eigenvalue weighted by molar-refractivity contribution is 5.99. The molecule has 2 fully saturated rings. The predicted molar refractivity (Wildman–Crippen MR) is 134 cm³/mol. The van der Waals surface area contributed by atoms with Gasteiger partial charge in [-0.3, -0.25) is 14.4 Å². The van der Waals surface area contributed by atoms with Gasteiger partial charge in [0.25, 0.3) is 5.91 Å². The van der Waals surface area contributed by atoms with E-state index in [0.717, 1.165) is 5.52 Å². The summed E-state index contributed by atoms with van der Waals surface area (Å²) in [6, 6.07) is 6.42. The Bertz CT molecular complexity index is 1340. The van der Waals surface area contributed by atoms with Gasteiger partial charge >= 0.3 is 5.97 Å². The zero-order chi connectivity index (χ0) is 26.5. The third-order valence-corrected chi connectivity index (χ3v) is 8.28. The summed E-state index contributed by atoms with van der Waals surface area (Å²) in [7, 11) is 0. The topological polar surface area (TPSA) is 127 Å². The number of ether oxygens (including phenoxy) is 2. The summed E-state index contributed by atoms with van der Waals surface area (Å²) >= 11 is 0. The smallest absolute Gasteiger partial charge is 0.313 e. The van der Waals surface area contributed by atoms with Crippen LogP contribution in [0.4, 0.5) is 0 Å². The number of hydrogen-bond acceptors (Lipinski definition) is 8. The summed E-state index contributed by atoms with van der Waals surface area (Å²) in [6.07, 6.45) is 9.30. The average molecular weight is 522 g/mol. The monoisotopic (exact) mass is 521 g/mol. The zero-order valence-corrected chi connectivity index (χ0v) is 21.2. The van der Waals surface area contributed by atoms with Crippen LogP contribution in [0.5, 0.6) is 0 Å². The number of carbonyl (C=O) groups is 3. The first-order valence-electron chi connectivity index (χ1n) is 13.2. The van der Waals surface area contributed by atoms with Gasteiger partial charge in [-0.2, -0.15) is 0 Å². The molecule has 4 aliphatic heterocycles. The number of nitrogens with zero attached hydrogens (tertiary/aromatic N) is 5. The van der Waals surface area contributed by atoms with E-state index in [0.29, 0.717) is 24.8 Å². The Kier molecular flexibility index (Phi) is 6.07. The molecule has 0 radical (unpaired) electrons. The second-order valence-corrected chi connectivity index (χ2v) is 10.3. The molecule has 2 aromatic rings. The summed E-state index contributed by atoms with van der Waals surface area (Å²) in [4.78, 5) is 44.7. The maximum Gasteiger partial charge on any atom is 0.313 e. The lowest BCUT2D eigenvalue weighted by Gasteiger charge is -2.38. The molecule has 11 heteroatoms. The summed E-state index contributed by atoms with van der Waals surface area (Å²) in [5.74, 6) is -3.09. The number of allylic oxidation sites excluding steroid dienone is 1. The number of aliphatic hydroxyl groups excluding tert-OH is 1. The van der Waals surface area contributed by atoms with Crippen molar-refractivity contribution in [1.82, 2.24) is 24.8 Å². The van der Waals surface area contributed by atoms with E-state index in [4.69, 9.17) is 9.47 Å². The van der Waals surface area contributed by atoms with E-state index in [2.05, 4.69) is 10.3 Å². The molecule has 2 amide bonds. The Labute approximate surface area is 219 Å². The van der Waals surface area contributed by atoms with Crippen LogP contribution in [0.1, 0.15) is 26.2 Å². The number of benzene rings is 1. The summed E-state index contributed by atoms with van der Waals surface area (Å²) in [5, 5.41) is 18.3. The van der Waals surface area contributed by atoms with E-state index in [1.807, 2.05) is 49.4 Å². The molecule has 1 aromatic heterocycles. The zero-order valence-electron chi connectivity index (χ0n) is 21.2. The average Bonchev–Trinajstić information content (AvgIpc) is 3.50. The Balaban J connectivity index is 1.44. The van der Waals surface area contributed by atoms with E-state index in [-0.39, 0.29) is 44.8 Å². The predicted octanol–water partition coefficient (Wildman–Crippen LogP) is 1.03. The van der Waals surface area contributed by atoms with Crippen LogP contribution in [0.25, 0.3) is 11.0 Å². The lowest BCUT2D eigenvalue weighted by molar-refractivity contribution is -0.161. The number of aromatic nitrogens is 3. The van der Waals surface area contributed by atoms with Crippen molar-refractivity contribution < 1.29 is 29.0 Å². The van der Waals surface area contributed by atoms with E-state index >= 15 is 0 Å². The fourth-order valence-corrected chi connectivity index (χ4v) is 6.58. The number of carbonyl (C=O) groups excluding carboxylic acids is 3. The van der Waals surface area contributed by atoms with Gasteiger partial charge in [0.2, 0.25) is 5.91 Å². The molecule has 38 heavy (non-hydrogen) atoms. The van der Waals surface area contributed by atoms with E-state index in [1.165, 1.54) is 4.90 Å². The number of aliphatic hydroxyl groups is 1. The van der Waals surface area contributed by atoms with Gasteiger partial charge in [0.1, 0.15) is 35.3 Å². The summed E-state index contributed by atoms with van der Waals surface area (Å²) in [5.41, 5.74) is -0.986. The molecule has 1 aromatic carbocycles. The van der Waals surface area contributed by atoms with Crippen LogP contribution in [-0.2, 0) is 30.5 Å². The maximum absolute atomic E-state index is 14.3. The van der Waals surface area contributed by atoms with Crippen LogP contribution in [0, 0.1) is 11.8 Å².